The third kappa shape index (κ3) is 9.78. The van der Waals surface area contributed by atoms with Gasteiger partial charge >= 0.3 is 5.97 Å². The molecule has 0 aliphatic carbocycles. The van der Waals surface area contributed by atoms with E-state index in [1.54, 1.807) is 30.5 Å². The highest BCUT2D eigenvalue weighted by atomic mass is 16.5. The number of carboxylic acids is 1. The van der Waals surface area contributed by atoms with Crippen LogP contribution in [0.2, 0.25) is 0 Å². The fraction of sp³-hybridized carbons (Fsp3) is 0.407. The minimum atomic E-state index is -1.20. The molecule has 1 amide bonds. The number of fused-ring (bicyclic) bond motifs is 1. The van der Waals surface area contributed by atoms with Crippen molar-refractivity contribution in [1.29, 1.82) is 0 Å². The molecule has 0 saturated carbocycles. The quantitative estimate of drug-likeness (QED) is 0.0687. The number of hydrogen-bond acceptors (Lipinski definition) is 13. The number of nitrogens with two attached hydrogens (primary N) is 2. The predicted molar refractivity (Wildman–Crippen MR) is 155 cm³/mol. The van der Waals surface area contributed by atoms with Gasteiger partial charge in [-0.05, 0) is 37.1 Å². The van der Waals surface area contributed by atoms with Gasteiger partial charge in [-0.25, -0.2) is 14.8 Å². The number of carbonyl (C=O) groups excluding carboxylic acids is 1. The van der Waals surface area contributed by atoms with Gasteiger partial charge in [-0.15, -0.1) is 6.42 Å². The zero-order valence-electron chi connectivity index (χ0n) is 23.2. The molecule has 15 nitrogen and oxygen atoms in total. The standard InChI is InChI=1S/C27H35N9O6/c1-3-11-41-13-14-42-12-10-30-21(37)9-8-20(26(39)40)33-25(38)17-4-6-19(7-5-17)36(2)16-18-15-31-24-22(32-18)23(28)34-27(29)35-24/h1,4-7,15,20-21,30,37H,8-14,16H2,2H3,(H,33,38)(H,39,40)(H4,28,29,31,34,35)/t20-,21?/m0/s1. The first kappa shape index (κ1) is 31.9. The zero-order valence-corrected chi connectivity index (χ0v) is 23.2. The van der Waals surface area contributed by atoms with Crippen molar-refractivity contribution in [3.63, 3.8) is 0 Å². The van der Waals surface area contributed by atoms with Crippen LogP contribution >= 0.6 is 0 Å². The van der Waals surface area contributed by atoms with Crippen LogP contribution in [-0.4, -0.2) is 94.3 Å². The van der Waals surface area contributed by atoms with Gasteiger partial charge in [0.25, 0.3) is 5.91 Å². The number of aromatic nitrogens is 4. The summed E-state index contributed by atoms with van der Waals surface area (Å²) in [6.45, 7) is 2.02. The first-order valence-corrected chi connectivity index (χ1v) is 13.1. The molecule has 0 fully saturated rings. The number of amides is 1. The lowest BCUT2D eigenvalue weighted by molar-refractivity contribution is -0.139. The Labute approximate surface area is 242 Å². The number of aliphatic carboxylic acids is 1. The van der Waals surface area contributed by atoms with Gasteiger partial charge in [0.1, 0.15) is 18.9 Å². The van der Waals surface area contributed by atoms with Crippen molar-refractivity contribution < 1.29 is 29.3 Å². The van der Waals surface area contributed by atoms with Gasteiger partial charge in [-0.3, -0.25) is 10.1 Å². The van der Waals surface area contributed by atoms with Crippen LogP contribution < -0.4 is 27.0 Å². The Hall–Kier alpha value is -4.62. The molecule has 0 aliphatic heterocycles. The zero-order chi connectivity index (χ0) is 30.5. The van der Waals surface area contributed by atoms with Gasteiger partial charge in [0.15, 0.2) is 17.0 Å². The molecule has 0 bridgehead atoms. The molecule has 2 heterocycles. The van der Waals surface area contributed by atoms with E-state index in [-0.39, 0.29) is 36.8 Å². The van der Waals surface area contributed by atoms with Crippen LogP contribution in [0.5, 0.6) is 0 Å². The average molecular weight is 582 g/mol. The Morgan fingerprint density at radius 3 is 2.55 bits per heavy atom. The van der Waals surface area contributed by atoms with Crippen molar-refractivity contribution in [1.82, 2.24) is 30.6 Å². The number of aliphatic hydroxyl groups is 1. The van der Waals surface area contributed by atoms with E-state index in [4.69, 9.17) is 27.4 Å². The van der Waals surface area contributed by atoms with Crippen molar-refractivity contribution in [3.05, 3.63) is 41.7 Å². The number of rotatable bonds is 17. The number of anilines is 3. The van der Waals surface area contributed by atoms with Crippen LogP contribution in [0.3, 0.4) is 0 Å². The number of nitrogens with zero attached hydrogens (tertiary/aromatic N) is 5. The molecule has 3 rings (SSSR count). The summed E-state index contributed by atoms with van der Waals surface area (Å²) in [6.07, 6.45) is 5.81. The number of carboxylic acid groups (broad SMARTS) is 1. The maximum Gasteiger partial charge on any atom is 0.326 e. The van der Waals surface area contributed by atoms with Gasteiger partial charge < -0.3 is 41.4 Å². The molecule has 0 radical (unpaired) electrons. The number of carbonyl (C=O) groups is 2. The first-order valence-electron chi connectivity index (χ1n) is 13.1. The monoisotopic (exact) mass is 581 g/mol. The van der Waals surface area contributed by atoms with Crippen LogP contribution in [-0.2, 0) is 20.8 Å². The van der Waals surface area contributed by atoms with Crippen LogP contribution in [0.4, 0.5) is 17.5 Å². The third-order valence-corrected chi connectivity index (χ3v) is 5.99. The molecule has 2 atom stereocenters. The van der Waals surface area contributed by atoms with E-state index in [1.807, 2.05) is 11.9 Å². The van der Waals surface area contributed by atoms with E-state index in [1.165, 1.54) is 0 Å². The maximum absolute atomic E-state index is 12.7. The lowest BCUT2D eigenvalue weighted by atomic mass is 10.1. The molecule has 0 aliphatic rings. The maximum atomic E-state index is 12.7. The largest absolute Gasteiger partial charge is 0.480 e. The minimum absolute atomic E-state index is 0.0181. The lowest BCUT2D eigenvalue weighted by Gasteiger charge is -2.20. The fourth-order valence-electron chi connectivity index (χ4n) is 3.83. The Kier molecular flexibility index (Phi) is 12.1. The van der Waals surface area contributed by atoms with Gasteiger partial charge in [-0.2, -0.15) is 9.97 Å². The van der Waals surface area contributed by atoms with Crippen LogP contribution in [0.15, 0.2) is 30.5 Å². The van der Waals surface area contributed by atoms with Gasteiger partial charge in [0.05, 0.1) is 38.3 Å². The molecular formula is C27H35N9O6. The molecule has 224 valence electrons. The molecule has 42 heavy (non-hydrogen) atoms. The molecule has 8 N–H and O–H groups in total. The Morgan fingerprint density at radius 2 is 1.83 bits per heavy atom. The topological polar surface area (TPSA) is 224 Å². The molecular weight excluding hydrogens is 546 g/mol. The number of nitrogens with one attached hydrogen (secondary N) is 2. The highest BCUT2D eigenvalue weighted by Gasteiger charge is 2.22. The molecule has 2 aromatic heterocycles. The normalized spacial score (nSPS) is 12.4. The van der Waals surface area contributed by atoms with Crippen molar-refractivity contribution in [2.75, 3.05) is 56.4 Å². The summed E-state index contributed by atoms with van der Waals surface area (Å²) < 4.78 is 10.4. The third-order valence-electron chi connectivity index (χ3n) is 5.99. The first-order chi connectivity index (χ1) is 20.2. The number of hydrogen-bond donors (Lipinski definition) is 6. The van der Waals surface area contributed by atoms with E-state index in [2.05, 4.69) is 36.5 Å². The summed E-state index contributed by atoms with van der Waals surface area (Å²) in [4.78, 5) is 43.0. The summed E-state index contributed by atoms with van der Waals surface area (Å²) in [5.74, 6) is 0.760. The molecule has 0 spiro atoms. The summed E-state index contributed by atoms with van der Waals surface area (Å²) in [6, 6.07) is 5.46. The van der Waals surface area contributed by atoms with Crippen molar-refractivity contribution in [2.24, 2.45) is 0 Å². The van der Waals surface area contributed by atoms with E-state index in [0.717, 1.165) is 5.69 Å². The summed E-state index contributed by atoms with van der Waals surface area (Å²) in [5, 5.41) is 25.0. The Morgan fingerprint density at radius 1 is 1.10 bits per heavy atom. The Bertz CT molecular complexity index is 1380. The lowest BCUT2D eigenvalue weighted by Crippen LogP contribution is -2.42. The van der Waals surface area contributed by atoms with E-state index in [0.29, 0.717) is 49.8 Å². The van der Waals surface area contributed by atoms with Crippen molar-refractivity contribution in [3.8, 4) is 12.3 Å². The number of terminal acetylenes is 1. The van der Waals surface area contributed by atoms with Gasteiger partial charge in [0.2, 0.25) is 5.95 Å². The molecule has 15 heteroatoms. The molecule has 1 unspecified atom stereocenters. The highest BCUT2D eigenvalue weighted by Crippen LogP contribution is 2.19. The van der Waals surface area contributed by atoms with E-state index < -0.39 is 24.1 Å². The number of aliphatic hydroxyl groups excluding tert-OH is 1. The second kappa shape index (κ2) is 16.0. The van der Waals surface area contributed by atoms with E-state index in [9.17, 15) is 19.8 Å². The smallest absolute Gasteiger partial charge is 0.326 e. The summed E-state index contributed by atoms with van der Waals surface area (Å²) in [5.41, 5.74) is 13.8. The molecule has 3 aromatic rings. The number of benzene rings is 1. The van der Waals surface area contributed by atoms with Gasteiger partial charge in [-0.1, -0.05) is 5.92 Å². The van der Waals surface area contributed by atoms with Crippen molar-refractivity contribution in [2.45, 2.75) is 31.7 Å². The fourth-order valence-corrected chi connectivity index (χ4v) is 3.83. The van der Waals surface area contributed by atoms with Crippen LogP contribution in [0, 0.1) is 12.3 Å². The second-order valence-electron chi connectivity index (χ2n) is 9.18. The van der Waals surface area contributed by atoms with Crippen molar-refractivity contribution >= 4 is 40.5 Å². The number of nitrogen functional groups attached to an aromatic ring is 2. The van der Waals surface area contributed by atoms with Crippen LogP contribution in [0.25, 0.3) is 11.2 Å². The minimum Gasteiger partial charge on any atom is -0.480 e. The number of ether oxygens (including phenoxy) is 2. The summed E-state index contributed by atoms with van der Waals surface area (Å²) >= 11 is 0. The highest BCUT2D eigenvalue weighted by molar-refractivity contribution is 5.96. The van der Waals surface area contributed by atoms with E-state index >= 15 is 0 Å². The SMILES string of the molecule is C#CCOCCOCCNC(O)CC[C@H](NC(=O)c1ccc(N(C)Cc2cnc3nc(N)nc(N)c3n2)cc1)C(=O)O. The van der Waals surface area contributed by atoms with Gasteiger partial charge in [0, 0.05) is 24.8 Å². The van der Waals surface area contributed by atoms with Crippen LogP contribution in [0.1, 0.15) is 28.9 Å². The second-order valence-corrected chi connectivity index (χ2v) is 9.18. The molecule has 0 saturated heterocycles. The predicted octanol–water partition coefficient (Wildman–Crippen LogP) is -0.242. The average Bonchev–Trinajstić information content (AvgIpc) is 2.96. The molecule has 1 aromatic carbocycles. The summed E-state index contributed by atoms with van der Waals surface area (Å²) in [7, 11) is 1.84. The Balaban J connectivity index is 1.46.